The van der Waals surface area contributed by atoms with Gasteiger partial charge >= 0.3 is 5.97 Å². The fourth-order valence-electron chi connectivity index (χ4n) is 3.23. The molecule has 0 heterocycles. The average Bonchev–Trinajstić information content (AvgIpc) is 2.61. The highest BCUT2D eigenvalue weighted by Gasteiger charge is 2.25. The van der Waals surface area contributed by atoms with Gasteiger partial charge in [-0.1, -0.05) is 32.1 Å². The summed E-state index contributed by atoms with van der Waals surface area (Å²) in [5.74, 6) is -1.48. The molecule has 1 rings (SSSR count). The number of carboxylic acid groups (broad SMARTS) is 1. The number of aliphatic hydroxyl groups excluding tert-OH is 2. The lowest BCUT2D eigenvalue weighted by Gasteiger charge is -2.28. The summed E-state index contributed by atoms with van der Waals surface area (Å²) in [6.07, 6.45) is 5.03. The Labute approximate surface area is 166 Å². The number of carboxylic acids is 1. The summed E-state index contributed by atoms with van der Waals surface area (Å²) in [4.78, 5) is 22.8. The minimum atomic E-state index is -1.03. The third-order valence-electron chi connectivity index (χ3n) is 4.92. The van der Waals surface area contributed by atoms with E-state index in [4.69, 9.17) is 10.8 Å². The largest absolute Gasteiger partial charge is 0.478 e. The van der Waals surface area contributed by atoms with Crippen molar-refractivity contribution in [2.45, 2.75) is 45.8 Å². The lowest BCUT2D eigenvalue weighted by Crippen LogP contribution is -2.28. The van der Waals surface area contributed by atoms with Crippen LogP contribution in [-0.4, -0.2) is 39.3 Å². The lowest BCUT2D eigenvalue weighted by atomic mass is 9.80. The topological polar surface area (TPSA) is 121 Å². The zero-order valence-electron chi connectivity index (χ0n) is 16.7. The number of hydrogen-bond acceptors (Lipinski definition) is 5. The Balaban J connectivity index is 2.66. The number of carbonyl (C=O) groups excluding carboxylic acids is 1. The van der Waals surface area contributed by atoms with Crippen molar-refractivity contribution in [3.05, 3.63) is 54.1 Å². The van der Waals surface area contributed by atoms with Gasteiger partial charge in [-0.05, 0) is 49.4 Å². The fraction of sp³-hybridized carbons (Fsp3) is 0.455. The number of rotatable bonds is 11. The molecule has 0 aliphatic carbocycles. The number of nitrogens with two attached hydrogens (primary N) is 1. The predicted molar refractivity (Wildman–Crippen MR) is 110 cm³/mol. The van der Waals surface area contributed by atoms with Gasteiger partial charge in [0.05, 0.1) is 12.2 Å². The van der Waals surface area contributed by atoms with E-state index in [-0.39, 0.29) is 30.0 Å². The lowest BCUT2D eigenvalue weighted by molar-refractivity contribution is -0.131. The second-order valence-corrected chi connectivity index (χ2v) is 7.41. The van der Waals surface area contributed by atoms with Gasteiger partial charge in [-0.3, -0.25) is 4.79 Å². The number of aliphatic carboxylic acids is 1. The van der Waals surface area contributed by atoms with Crippen molar-refractivity contribution in [2.75, 3.05) is 5.73 Å². The first-order valence-electron chi connectivity index (χ1n) is 9.44. The Morgan fingerprint density at radius 3 is 2.18 bits per heavy atom. The Morgan fingerprint density at radius 2 is 1.64 bits per heavy atom. The normalized spacial score (nSPS) is 17.3. The number of aliphatic hydroxyl groups is 2. The van der Waals surface area contributed by atoms with Crippen LogP contribution in [-0.2, 0) is 4.79 Å². The Hall–Kier alpha value is -2.44. The molecule has 0 fully saturated rings. The molecule has 6 heteroatoms. The van der Waals surface area contributed by atoms with E-state index in [9.17, 15) is 19.8 Å². The molecule has 0 aliphatic rings. The Bertz CT molecular complexity index is 693. The van der Waals surface area contributed by atoms with Crippen molar-refractivity contribution in [2.24, 2.45) is 17.8 Å². The number of hydrogen-bond donors (Lipinski definition) is 4. The third kappa shape index (κ3) is 8.06. The zero-order valence-corrected chi connectivity index (χ0v) is 16.7. The molecule has 6 nitrogen and oxygen atoms in total. The van der Waals surface area contributed by atoms with Crippen molar-refractivity contribution in [3.63, 3.8) is 0 Å². The molecular formula is C22H31NO5. The molecule has 28 heavy (non-hydrogen) atoms. The average molecular weight is 389 g/mol. The van der Waals surface area contributed by atoms with Gasteiger partial charge < -0.3 is 21.1 Å². The summed E-state index contributed by atoms with van der Waals surface area (Å²) in [6, 6.07) is 6.61. The zero-order chi connectivity index (χ0) is 21.3. The monoisotopic (exact) mass is 389 g/mol. The molecule has 0 aliphatic heterocycles. The molecule has 1 aromatic rings. The summed E-state index contributed by atoms with van der Waals surface area (Å²) >= 11 is 0. The van der Waals surface area contributed by atoms with E-state index in [0.29, 0.717) is 17.7 Å². The first-order chi connectivity index (χ1) is 13.1. The van der Waals surface area contributed by atoms with Crippen molar-refractivity contribution in [3.8, 4) is 0 Å². The molecule has 0 saturated carbocycles. The van der Waals surface area contributed by atoms with Gasteiger partial charge in [-0.2, -0.15) is 0 Å². The van der Waals surface area contributed by atoms with Gasteiger partial charge in [0.15, 0.2) is 5.78 Å². The van der Waals surface area contributed by atoms with Gasteiger partial charge in [0.25, 0.3) is 0 Å². The molecule has 0 radical (unpaired) electrons. The van der Waals surface area contributed by atoms with E-state index >= 15 is 0 Å². The Morgan fingerprint density at radius 1 is 1.04 bits per heavy atom. The maximum Gasteiger partial charge on any atom is 0.328 e. The molecule has 0 bridgehead atoms. The molecular weight excluding hydrogens is 358 g/mol. The standard InChI is InChI=1S/C22H31NO5/c1-14(19(16(3)24)6-4-5-7-22(27)28)12-15(2)20(25)13-21(26)17-8-10-18(23)11-9-17/h4-11,14-16,19-20,24-25H,12-13,23H2,1-3H3,(H,27,28)/t14-,15+,16+,19-,20-/m1/s1. The predicted octanol–water partition coefficient (Wildman–Crippen LogP) is 3.06. The molecule has 0 aromatic heterocycles. The highest BCUT2D eigenvalue weighted by atomic mass is 16.4. The van der Waals surface area contributed by atoms with Gasteiger partial charge in [0.2, 0.25) is 0 Å². The summed E-state index contributed by atoms with van der Waals surface area (Å²) in [6.45, 7) is 5.52. The molecule has 154 valence electrons. The van der Waals surface area contributed by atoms with Crippen LogP contribution in [0.2, 0.25) is 0 Å². The van der Waals surface area contributed by atoms with Crippen molar-refractivity contribution in [1.29, 1.82) is 0 Å². The van der Waals surface area contributed by atoms with Crippen molar-refractivity contribution in [1.82, 2.24) is 0 Å². The second kappa shape index (κ2) is 11.4. The van der Waals surface area contributed by atoms with E-state index in [1.54, 1.807) is 43.3 Å². The number of ketones is 1. The number of anilines is 1. The van der Waals surface area contributed by atoms with Crippen LogP contribution in [0.3, 0.4) is 0 Å². The quantitative estimate of drug-likeness (QED) is 0.200. The van der Waals surface area contributed by atoms with Crippen LogP contribution in [0.4, 0.5) is 5.69 Å². The number of allylic oxidation sites excluding steroid dienone is 2. The molecule has 0 spiro atoms. The highest BCUT2D eigenvalue weighted by molar-refractivity contribution is 5.96. The molecule has 0 amide bonds. The van der Waals surface area contributed by atoms with Gasteiger partial charge in [0, 0.05) is 29.7 Å². The number of nitrogen functional groups attached to an aromatic ring is 1. The van der Waals surface area contributed by atoms with E-state index < -0.39 is 18.2 Å². The molecule has 5 atom stereocenters. The smallest absolute Gasteiger partial charge is 0.328 e. The Kier molecular flexibility index (Phi) is 9.62. The second-order valence-electron chi connectivity index (χ2n) is 7.41. The molecule has 0 saturated heterocycles. The van der Waals surface area contributed by atoms with E-state index in [2.05, 4.69) is 0 Å². The van der Waals surface area contributed by atoms with Gasteiger partial charge in [-0.15, -0.1) is 0 Å². The molecule has 1 aromatic carbocycles. The fourth-order valence-corrected chi connectivity index (χ4v) is 3.23. The molecule has 0 unspecified atom stereocenters. The van der Waals surface area contributed by atoms with E-state index in [1.807, 2.05) is 13.8 Å². The third-order valence-corrected chi connectivity index (χ3v) is 4.92. The maximum atomic E-state index is 12.3. The van der Waals surface area contributed by atoms with Crippen LogP contribution < -0.4 is 5.73 Å². The van der Waals surface area contributed by atoms with Crippen LogP contribution in [0.1, 0.15) is 44.0 Å². The van der Waals surface area contributed by atoms with Crippen LogP contribution in [0.5, 0.6) is 0 Å². The van der Waals surface area contributed by atoms with Crippen LogP contribution in [0, 0.1) is 17.8 Å². The van der Waals surface area contributed by atoms with Crippen molar-refractivity contribution >= 4 is 17.4 Å². The van der Waals surface area contributed by atoms with Crippen LogP contribution in [0.15, 0.2) is 48.6 Å². The first-order valence-corrected chi connectivity index (χ1v) is 9.44. The van der Waals surface area contributed by atoms with Crippen molar-refractivity contribution < 1.29 is 24.9 Å². The number of carbonyl (C=O) groups is 2. The highest BCUT2D eigenvalue weighted by Crippen LogP contribution is 2.27. The first kappa shape index (κ1) is 23.6. The SMILES string of the molecule is C[C@H](O)[C@H](C=CC=CC(=O)O)[C@H](C)C[C@H](C)[C@H](O)CC(=O)c1ccc(N)cc1. The van der Waals surface area contributed by atoms with Gasteiger partial charge in [0.1, 0.15) is 0 Å². The summed E-state index contributed by atoms with van der Waals surface area (Å²) < 4.78 is 0. The van der Waals surface area contributed by atoms with Crippen LogP contribution in [0.25, 0.3) is 0 Å². The van der Waals surface area contributed by atoms with Gasteiger partial charge in [-0.25, -0.2) is 4.79 Å². The number of Topliss-reactive ketones (excluding diaryl/α,β-unsaturated/α-hetero) is 1. The van der Waals surface area contributed by atoms with Crippen LogP contribution >= 0.6 is 0 Å². The summed E-state index contributed by atoms with van der Waals surface area (Å²) in [5.41, 5.74) is 6.72. The minimum absolute atomic E-state index is 0.0222. The number of benzene rings is 1. The maximum absolute atomic E-state index is 12.3. The minimum Gasteiger partial charge on any atom is -0.478 e. The molecule has 5 N–H and O–H groups in total. The van der Waals surface area contributed by atoms with E-state index in [0.717, 1.165) is 6.08 Å². The summed E-state index contributed by atoms with van der Waals surface area (Å²) in [7, 11) is 0. The van der Waals surface area contributed by atoms with E-state index in [1.165, 1.54) is 6.08 Å². The summed E-state index contributed by atoms with van der Waals surface area (Å²) in [5, 5.41) is 29.1.